The molecule has 2 aliphatic rings. The fourth-order valence-corrected chi connectivity index (χ4v) is 5.79. The molecule has 2 atom stereocenters. The summed E-state index contributed by atoms with van der Waals surface area (Å²) in [5, 5.41) is 1.92. The lowest BCUT2D eigenvalue weighted by molar-refractivity contribution is 0.271. The van der Waals surface area contributed by atoms with Gasteiger partial charge in [0.15, 0.2) is 17.5 Å². The predicted octanol–water partition coefficient (Wildman–Crippen LogP) is 8.52. The Morgan fingerprint density at radius 1 is 0.610 bits per heavy atom. The standard InChI is InChI=1S/C37H25N3O/c1-3-12-24(13-4-1)26-17-9-19-28-27(26)18-10-20-29(28)36-38-35(25-14-5-2-6-15-25)39-37(40-36)31-21-11-23-33-34(31)30-16-7-8-22-32(30)41-33/h1-23,33-34H/i2D,5D,6D,14D,15D. The molecule has 6 aromatic rings. The van der Waals surface area contributed by atoms with Gasteiger partial charge in [0, 0.05) is 22.3 Å². The minimum atomic E-state index is -0.474. The maximum Gasteiger partial charge on any atom is 0.164 e. The summed E-state index contributed by atoms with van der Waals surface area (Å²) in [4.78, 5) is 14.7. The second-order valence-electron chi connectivity index (χ2n) is 9.98. The first-order chi connectivity index (χ1) is 22.4. The molecule has 194 valence electrons. The topological polar surface area (TPSA) is 47.9 Å². The van der Waals surface area contributed by atoms with E-state index < -0.39 is 18.1 Å². The van der Waals surface area contributed by atoms with E-state index in [9.17, 15) is 0 Å². The molecule has 0 amide bonds. The SMILES string of the molecule is [2H]c1c([2H])c([2H])c(-c2nc(C3=CC=CC4Oc5ccccc5C34)nc(-c3cccc4c(-c5ccccc5)cccc34)n2)c([2H])c1[2H]. The predicted molar refractivity (Wildman–Crippen MR) is 164 cm³/mol. The lowest BCUT2D eigenvalue weighted by Crippen LogP contribution is -2.20. The van der Waals surface area contributed by atoms with Gasteiger partial charge in [-0.05, 0) is 34.0 Å². The molecular formula is C37H25N3O. The molecule has 2 heterocycles. The normalized spacial score (nSPS) is 18.7. The van der Waals surface area contributed by atoms with Gasteiger partial charge in [0.05, 0.1) is 12.8 Å². The van der Waals surface area contributed by atoms with Crippen LogP contribution in [0.1, 0.15) is 24.2 Å². The summed E-state index contributed by atoms with van der Waals surface area (Å²) in [6.07, 6.45) is 5.62. The van der Waals surface area contributed by atoms with Crippen LogP contribution in [0.4, 0.5) is 0 Å². The molecule has 4 heteroatoms. The monoisotopic (exact) mass is 532 g/mol. The Morgan fingerprint density at radius 2 is 1.32 bits per heavy atom. The van der Waals surface area contributed by atoms with E-state index in [0.717, 1.165) is 44.3 Å². The number of aromatic nitrogens is 3. The summed E-state index contributed by atoms with van der Waals surface area (Å²) in [6, 6.07) is 28.0. The molecule has 8 rings (SSSR count). The number of nitrogens with zero attached hydrogens (tertiary/aromatic N) is 3. The summed E-state index contributed by atoms with van der Waals surface area (Å²) in [5.41, 5.74) is 4.59. The van der Waals surface area contributed by atoms with Crippen LogP contribution in [0.15, 0.2) is 139 Å². The molecule has 0 saturated heterocycles. The summed E-state index contributed by atoms with van der Waals surface area (Å²) < 4.78 is 48.5. The number of ether oxygens (including phenoxy) is 1. The van der Waals surface area contributed by atoms with Crippen LogP contribution in [0.3, 0.4) is 0 Å². The van der Waals surface area contributed by atoms with Crippen molar-refractivity contribution < 1.29 is 11.6 Å². The average molecular weight is 533 g/mol. The van der Waals surface area contributed by atoms with Crippen molar-refractivity contribution in [2.45, 2.75) is 12.0 Å². The molecule has 0 saturated carbocycles. The highest BCUT2D eigenvalue weighted by atomic mass is 16.5. The first kappa shape index (κ1) is 18.9. The van der Waals surface area contributed by atoms with Gasteiger partial charge in [-0.1, -0.05) is 127 Å². The van der Waals surface area contributed by atoms with Gasteiger partial charge in [-0.25, -0.2) is 15.0 Å². The Labute approximate surface area is 245 Å². The van der Waals surface area contributed by atoms with Gasteiger partial charge in [-0.15, -0.1) is 0 Å². The van der Waals surface area contributed by atoms with Crippen LogP contribution < -0.4 is 4.74 Å². The van der Waals surface area contributed by atoms with Crippen LogP contribution >= 0.6 is 0 Å². The Bertz CT molecular complexity index is 2240. The molecule has 1 aliphatic carbocycles. The van der Waals surface area contributed by atoms with Crippen molar-refractivity contribution in [3.63, 3.8) is 0 Å². The van der Waals surface area contributed by atoms with Gasteiger partial charge in [0.2, 0.25) is 0 Å². The van der Waals surface area contributed by atoms with Gasteiger partial charge in [0.25, 0.3) is 0 Å². The average Bonchev–Trinajstić information content (AvgIpc) is 3.49. The van der Waals surface area contributed by atoms with Crippen molar-refractivity contribution in [2.24, 2.45) is 0 Å². The maximum atomic E-state index is 8.71. The molecule has 41 heavy (non-hydrogen) atoms. The van der Waals surface area contributed by atoms with Crippen molar-refractivity contribution in [3.05, 3.63) is 151 Å². The minimum absolute atomic E-state index is 0.00687. The number of allylic oxidation sites excluding steroid dienone is 2. The molecule has 0 spiro atoms. The smallest absolute Gasteiger partial charge is 0.164 e. The lowest BCUT2D eigenvalue weighted by Gasteiger charge is -2.22. The highest BCUT2D eigenvalue weighted by molar-refractivity contribution is 6.03. The summed E-state index contributed by atoms with van der Waals surface area (Å²) in [6.45, 7) is 0. The molecular weight excluding hydrogens is 502 g/mol. The number of fused-ring (bicyclic) bond motifs is 4. The van der Waals surface area contributed by atoms with E-state index in [1.165, 1.54) is 0 Å². The van der Waals surface area contributed by atoms with E-state index in [1.807, 2.05) is 85.0 Å². The second-order valence-corrected chi connectivity index (χ2v) is 9.98. The third-order valence-corrected chi connectivity index (χ3v) is 7.62. The zero-order chi connectivity index (χ0) is 31.5. The van der Waals surface area contributed by atoms with Crippen molar-refractivity contribution in [1.29, 1.82) is 0 Å². The van der Waals surface area contributed by atoms with Crippen LogP contribution in [0.2, 0.25) is 0 Å². The van der Waals surface area contributed by atoms with E-state index in [-0.39, 0.29) is 35.5 Å². The second kappa shape index (κ2) is 9.68. The van der Waals surface area contributed by atoms with Crippen molar-refractivity contribution in [2.75, 3.05) is 0 Å². The Kier molecular flexibility index (Phi) is 4.45. The van der Waals surface area contributed by atoms with E-state index in [4.69, 9.17) is 26.5 Å². The number of benzene rings is 5. The van der Waals surface area contributed by atoms with E-state index in [0.29, 0.717) is 11.6 Å². The molecule has 4 nitrogen and oxygen atoms in total. The van der Waals surface area contributed by atoms with Crippen molar-refractivity contribution in [1.82, 2.24) is 15.0 Å². The Hall–Kier alpha value is -5.35. The summed E-state index contributed by atoms with van der Waals surface area (Å²) >= 11 is 0. The highest BCUT2D eigenvalue weighted by Crippen LogP contribution is 2.47. The maximum absolute atomic E-state index is 8.71. The van der Waals surface area contributed by atoms with E-state index in [1.54, 1.807) is 0 Å². The minimum Gasteiger partial charge on any atom is -0.485 e. The Morgan fingerprint density at radius 3 is 2.17 bits per heavy atom. The quantitative estimate of drug-likeness (QED) is 0.228. The fourth-order valence-electron chi connectivity index (χ4n) is 5.79. The summed E-state index contributed by atoms with van der Waals surface area (Å²) in [5.74, 6) is 1.29. The fraction of sp³-hybridized carbons (Fsp3) is 0.0541. The highest BCUT2D eigenvalue weighted by Gasteiger charge is 2.38. The molecule has 5 aromatic carbocycles. The molecule has 1 aliphatic heterocycles. The van der Waals surface area contributed by atoms with E-state index >= 15 is 0 Å². The summed E-state index contributed by atoms with van der Waals surface area (Å²) in [7, 11) is 0. The molecule has 0 bridgehead atoms. The number of para-hydroxylation sites is 1. The van der Waals surface area contributed by atoms with Gasteiger partial charge in [-0.3, -0.25) is 0 Å². The zero-order valence-electron chi connectivity index (χ0n) is 26.8. The van der Waals surface area contributed by atoms with Gasteiger partial charge in [0.1, 0.15) is 11.9 Å². The molecule has 0 N–H and O–H groups in total. The Balaban J connectivity index is 1.39. The van der Waals surface area contributed by atoms with E-state index in [2.05, 4.69) is 24.3 Å². The van der Waals surface area contributed by atoms with Crippen LogP contribution in [0, 0.1) is 0 Å². The lowest BCUT2D eigenvalue weighted by atomic mass is 9.84. The first-order valence-electron chi connectivity index (χ1n) is 16.0. The van der Waals surface area contributed by atoms with Crippen LogP contribution in [0.5, 0.6) is 5.75 Å². The first-order valence-corrected chi connectivity index (χ1v) is 13.5. The van der Waals surface area contributed by atoms with Gasteiger partial charge >= 0.3 is 0 Å². The molecule has 2 unspecified atom stereocenters. The third-order valence-electron chi connectivity index (χ3n) is 7.62. The van der Waals surface area contributed by atoms with Crippen LogP contribution in [-0.2, 0) is 0 Å². The van der Waals surface area contributed by atoms with Gasteiger partial charge < -0.3 is 4.74 Å². The van der Waals surface area contributed by atoms with Gasteiger partial charge in [-0.2, -0.15) is 0 Å². The molecule has 0 radical (unpaired) electrons. The number of rotatable bonds is 4. The van der Waals surface area contributed by atoms with Crippen LogP contribution in [-0.4, -0.2) is 21.1 Å². The molecule has 0 fully saturated rings. The zero-order valence-corrected chi connectivity index (χ0v) is 21.8. The van der Waals surface area contributed by atoms with Crippen LogP contribution in [0.25, 0.3) is 50.2 Å². The largest absolute Gasteiger partial charge is 0.485 e. The third kappa shape index (κ3) is 4.04. The molecule has 1 aromatic heterocycles. The number of hydrogen-bond donors (Lipinski definition) is 0. The number of hydrogen-bond acceptors (Lipinski definition) is 4. The van der Waals surface area contributed by atoms with Crippen molar-refractivity contribution >= 4 is 16.3 Å². The van der Waals surface area contributed by atoms with Crippen molar-refractivity contribution in [3.8, 4) is 39.7 Å².